The molecule has 16 heavy (non-hydrogen) atoms. The lowest BCUT2D eigenvalue weighted by molar-refractivity contribution is -0.145. The van der Waals surface area contributed by atoms with Gasteiger partial charge in [0.15, 0.2) is 0 Å². The highest BCUT2D eigenvalue weighted by Gasteiger charge is 2.35. The molecule has 1 saturated heterocycles. The predicted octanol–water partition coefficient (Wildman–Crippen LogP) is 0.196. The van der Waals surface area contributed by atoms with Crippen LogP contribution in [0.5, 0.6) is 0 Å². The van der Waals surface area contributed by atoms with E-state index in [-0.39, 0.29) is 24.2 Å². The molecule has 1 aliphatic rings. The van der Waals surface area contributed by atoms with Crippen LogP contribution < -0.4 is 0 Å². The second-order valence-electron chi connectivity index (χ2n) is 3.69. The number of carbonyl (C=O) groups is 2. The normalized spacial score (nSPS) is 20.2. The fourth-order valence-corrected chi connectivity index (χ4v) is 1.76. The topological polar surface area (TPSA) is 72.6 Å². The summed E-state index contributed by atoms with van der Waals surface area (Å²) in [5.41, 5.74) is 0.680. The van der Waals surface area contributed by atoms with E-state index < -0.39 is 0 Å². The van der Waals surface area contributed by atoms with Crippen LogP contribution in [0.3, 0.4) is 0 Å². The van der Waals surface area contributed by atoms with Crippen molar-refractivity contribution >= 4 is 11.9 Å². The van der Waals surface area contributed by atoms with E-state index in [1.54, 1.807) is 11.0 Å². The van der Waals surface area contributed by atoms with E-state index in [0.717, 1.165) is 0 Å². The molecule has 1 atom stereocenters. The Bertz CT molecular complexity index is 388. The van der Waals surface area contributed by atoms with Crippen molar-refractivity contribution in [3.63, 3.8) is 0 Å². The Morgan fingerprint density at radius 2 is 2.56 bits per heavy atom. The minimum absolute atomic E-state index is 0.0570. The monoisotopic (exact) mass is 224 g/mol. The molecule has 1 amide bonds. The van der Waals surface area contributed by atoms with Crippen molar-refractivity contribution in [3.05, 3.63) is 18.0 Å². The van der Waals surface area contributed by atoms with E-state index >= 15 is 0 Å². The molecule has 0 N–H and O–H groups in total. The number of nitrogens with zero attached hydrogens (tertiary/aromatic N) is 2. The molecular weight excluding hydrogens is 212 g/mol. The van der Waals surface area contributed by atoms with Crippen LogP contribution >= 0.6 is 0 Å². The minimum Gasteiger partial charge on any atom is -0.469 e. The summed E-state index contributed by atoms with van der Waals surface area (Å²) in [6.07, 6.45) is 1.66. The number of esters is 1. The molecule has 1 aromatic rings. The van der Waals surface area contributed by atoms with Gasteiger partial charge >= 0.3 is 5.97 Å². The molecule has 6 nitrogen and oxygen atoms in total. The molecule has 1 aliphatic heterocycles. The third kappa shape index (κ3) is 2.05. The van der Waals surface area contributed by atoms with Crippen molar-refractivity contribution in [2.24, 2.45) is 5.92 Å². The number of carbonyl (C=O) groups excluding carboxylic acids is 2. The molecule has 0 aromatic carbocycles. The zero-order chi connectivity index (χ0) is 11.5. The van der Waals surface area contributed by atoms with Crippen LogP contribution in [0.25, 0.3) is 0 Å². The first kappa shape index (κ1) is 10.7. The van der Waals surface area contributed by atoms with Crippen LogP contribution in [-0.4, -0.2) is 35.6 Å². The van der Waals surface area contributed by atoms with Crippen LogP contribution in [0.15, 0.2) is 16.9 Å². The molecule has 0 radical (unpaired) electrons. The molecule has 2 heterocycles. The van der Waals surface area contributed by atoms with Gasteiger partial charge in [-0.15, -0.1) is 0 Å². The van der Waals surface area contributed by atoms with Crippen molar-refractivity contribution in [1.82, 2.24) is 10.1 Å². The molecule has 0 aliphatic carbocycles. The van der Waals surface area contributed by atoms with Gasteiger partial charge in [-0.2, -0.15) is 0 Å². The largest absolute Gasteiger partial charge is 0.469 e. The molecule has 86 valence electrons. The van der Waals surface area contributed by atoms with Gasteiger partial charge in [-0.3, -0.25) is 9.59 Å². The van der Waals surface area contributed by atoms with Crippen molar-refractivity contribution in [3.8, 4) is 0 Å². The standard InChI is InChI=1S/C10H12N2O4/c1-15-10(14)7-4-9(13)12(5-7)6-8-2-3-16-11-8/h2-3,7H,4-6H2,1H3. The molecule has 1 aromatic heterocycles. The van der Waals surface area contributed by atoms with Crippen LogP contribution in [0.2, 0.25) is 0 Å². The maximum Gasteiger partial charge on any atom is 0.310 e. The number of hydrogen-bond donors (Lipinski definition) is 0. The Hall–Kier alpha value is -1.85. The predicted molar refractivity (Wildman–Crippen MR) is 52.0 cm³/mol. The molecule has 1 fully saturated rings. The zero-order valence-corrected chi connectivity index (χ0v) is 8.88. The van der Waals surface area contributed by atoms with Crippen LogP contribution in [-0.2, 0) is 20.9 Å². The third-order valence-electron chi connectivity index (χ3n) is 2.59. The van der Waals surface area contributed by atoms with Gasteiger partial charge in [0.25, 0.3) is 0 Å². The fraction of sp³-hybridized carbons (Fsp3) is 0.500. The maximum absolute atomic E-state index is 11.6. The number of hydrogen-bond acceptors (Lipinski definition) is 5. The van der Waals surface area contributed by atoms with Crippen molar-refractivity contribution in [2.75, 3.05) is 13.7 Å². The highest BCUT2D eigenvalue weighted by molar-refractivity contribution is 5.86. The zero-order valence-electron chi connectivity index (χ0n) is 8.88. The van der Waals surface area contributed by atoms with Crippen molar-refractivity contribution in [2.45, 2.75) is 13.0 Å². The van der Waals surface area contributed by atoms with Crippen LogP contribution in [0.1, 0.15) is 12.1 Å². The Balaban J connectivity index is 1.97. The first-order chi connectivity index (χ1) is 7.70. The summed E-state index contributed by atoms with van der Waals surface area (Å²) in [6.45, 7) is 0.765. The first-order valence-corrected chi connectivity index (χ1v) is 4.95. The Kier molecular flexibility index (Phi) is 2.89. The minimum atomic E-state index is -0.357. The Morgan fingerprint density at radius 1 is 1.75 bits per heavy atom. The average molecular weight is 224 g/mol. The van der Waals surface area contributed by atoms with Gasteiger partial charge in [-0.1, -0.05) is 5.16 Å². The molecule has 1 unspecified atom stereocenters. The van der Waals surface area contributed by atoms with E-state index in [4.69, 9.17) is 0 Å². The Morgan fingerprint density at radius 3 is 3.19 bits per heavy atom. The van der Waals surface area contributed by atoms with Gasteiger partial charge in [0.1, 0.15) is 12.0 Å². The summed E-state index contributed by atoms with van der Waals surface area (Å²) < 4.78 is 9.29. The highest BCUT2D eigenvalue weighted by Crippen LogP contribution is 2.20. The van der Waals surface area contributed by atoms with Crippen molar-refractivity contribution in [1.29, 1.82) is 0 Å². The van der Waals surface area contributed by atoms with Crippen LogP contribution in [0, 0.1) is 5.92 Å². The van der Waals surface area contributed by atoms with Gasteiger partial charge in [0, 0.05) is 19.0 Å². The third-order valence-corrected chi connectivity index (χ3v) is 2.59. The number of rotatable bonds is 3. The van der Waals surface area contributed by atoms with Crippen LogP contribution in [0.4, 0.5) is 0 Å². The molecule has 6 heteroatoms. The molecule has 0 spiro atoms. The van der Waals surface area contributed by atoms with Gasteiger partial charge in [0.05, 0.1) is 19.6 Å². The molecule has 0 bridgehead atoms. The van der Waals surface area contributed by atoms with E-state index in [9.17, 15) is 9.59 Å². The number of likely N-dealkylation sites (tertiary alicyclic amines) is 1. The van der Waals surface area contributed by atoms with Gasteiger partial charge in [0.2, 0.25) is 5.91 Å². The quantitative estimate of drug-likeness (QED) is 0.685. The highest BCUT2D eigenvalue weighted by atomic mass is 16.5. The molecule has 2 rings (SSSR count). The average Bonchev–Trinajstić information content (AvgIpc) is 2.89. The summed E-state index contributed by atoms with van der Waals surface area (Å²) in [4.78, 5) is 24.4. The van der Waals surface area contributed by atoms with E-state index in [1.807, 2.05) is 0 Å². The lowest BCUT2D eigenvalue weighted by Crippen LogP contribution is -2.26. The molecule has 0 saturated carbocycles. The SMILES string of the molecule is COC(=O)C1CC(=O)N(Cc2ccon2)C1. The second kappa shape index (κ2) is 4.34. The summed E-state index contributed by atoms with van der Waals surface area (Å²) in [6, 6.07) is 1.69. The summed E-state index contributed by atoms with van der Waals surface area (Å²) in [5, 5.41) is 3.72. The van der Waals surface area contributed by atoms with E-state index in [0.29, 0.717) is 18.8 Å². The number of amides is 1. The summed E-state index contributed by atoms with van der Waals surface area (Å²) in [7, 11) is 1.33. The van der Waals surface area contributed by atoms with Gasteiger partial charge < -0.3 is 14.2 Å². The number of methoxy groups -OCH3 is 1. The maximum atomic E-state index is 11.6. The summed E-state index contributed by atoms with van der Waals surface area (Å²) in [5.74, 6) is -0.751. The van der Waals surface area contributed by atoms with Crippen molar-refractivity contribution < 1.29 is 18.8 Å². The lowest BCUT2D eigenvalue weighted by atomic mass is 10.1. The molecular formula is C10H12N2O4. The Labute approximate surface area is 92.1 Å². The number of aromatic nitrogens is 1. The smallest absolute Gasteiger partial charge is 0.310 e. The number of ether oxygens (including phenoxy) is 1. The fourth-order valence-electron chi connectivity index (χ4n) is 1.76. The van der Waals surface area contributed by atoms with E-state index in [1.165, 1.54) is 13.4 Å². The first-order valence-electron chi connectivity index (χ1n) is 4.95. The summed E-state index contributed by atoms with van der Waals surface area (Å²) >= 11 is 0. The second-order valence-corrected chi connectivity index (χ2v) is 3.69. The van der Waals surface area contributed by atoms with Gasteiger partial charge in [-0.25, -0.2) is 0 Å². The lowest BCUT2D eigenvalue weighted by Gasteiger charge is -2.13. The van der Waals surface area contributed by atoms with E-state index in [2.05, 4.69) is 14.4 Å². The van der Waals surface area contributed by atoms with Gasteiger partial charge in [-0.05, 0) is 0 Å².